The van der Waals surface area contributed by atoms with Crippen LogP contribution in [-0.4, -0.2) is 26.7 Å². The third-order valence-corrected chi connectivity index (χ3v) is 7.72. The van der Waals surface area contributed by atoms with E-state index in [0.717, 1.165) is 41.2 Å². The number of primary amides is 1. The van der Waals surface area contributed by atoms with Crippen LogP contribution in [0, 0.1) is 5.82 Å². The number of carbonyl (C=O) groups excluding carboxylic acids is 2. The molecule has 190 valence electrons. The molecule has 10 heteroatoms. The number of aliphatic hydroxyl groups is 1. The number of nitrogens with zero attached hydrogens (tertiary/aromatic N) is 2. The molecule has 3 aliphatic rings. The Morgan fingerprint density at radius 1 is 1.27 bits per heavy atom. The van der Waals surface area contributed by atoms with Crippen LogP contribution in [0.4, 0.5) is 9.18 Å². The van der Waals surface area contributed by atoms with E-state index in [1.165, 1.54) is 6.07 Å². The Balaban J connectivity index is 1.54. The summed E-state index contributed by atoms with van der Waals surface area (Å²) in [6.07, 6.45) is 4.26. The zero-order valence-electron chi connectivity index (χ0n) is 20.1. The first-order valence-electron chi connectivity index (χ1n) is 12.2. The van der Waals surface area contributed by atoms with Crippen LogP contribution in [0.1, 0.15) is 53.1 Å². The summed E-state index contributed by atoms with van der Waals surface area (Å²) < 4.78 is 26.7. The second-order valence-electron chi connectivity index (χ2n) is 9.60. The van der Waals surface area contributed by atoms with Crippen LogP contribution in [0.2, 0.25) is 0 Å². The monoisotopic (exact) mass is 505 g/mol. The number of nitrogens with two attached hydrogens (primary N) is 1. The van der Waals surface area contributed by atoms with Gasteiger partial charge in [0.25, 0.3) is 5.56 Å². The van der Waals surface area contributed by atoms with Gasteiger partial charge in [0.2, 0.25) is 0 Å². The molecular formula is C27H24FN3O6. The number of aromatic nitrogens is 2. The Morgan fingerprint density at radius 2 is 2.05 bits per heavy atom. The van der Waals surface area contributed by atoms with Crippen LogP contribution in [0.3, 0.4) is 0 Å². The number of carbonyl (C=O) groups is 2. The third kappa shape index (κ3) is 3.32. The summed E-state index contributed by atoms with van der Waals surface area (Å²) in [6.45, 7) is 1.76. The number of benzene rings is 1. The van der Waals surface area contributed by atoms with Crippen molar-refractivity contribution in [3.05, 3.63) is 74.0 Å². The third-order valence-electron chi connectivity index (χ3n) is 7.72. The summed E-state index contributed by atoms with van der Waals surface area (Å²) in [6, 6.07) is 3.06. The smallest absolute Gasteiger partial charge is 0.409 e. The number of rotatable bonds is 4. The van der Waals surface area contributed by atoms with E-state index < -0.39 is 23.5 Å². The van der Waals surface area contributed by atoms with Crippen molar-refractivity contribution in [3.63, 3.8) is 0 Å². The number of hydrogen-bond donors (Lipinski definition) is 2. The van der Waals surface area contributed by atoms with Crippen molar-refractivity contribution in [1.82, 2.24) is 9.55 Å². The highest BCUT2D eigenvalue weighted by molar-refractivity contribution is 5.92. The first kappa shape index (κ1) is 23.4. The maximum Gasteiger partial charge on any atom is 0.409 e. The molecular weight excluding hydrogens is 481 g/mol. The van der Waals surface area contributed by atoms with Crippen LogP contribution in [0.5, 0.6) is 0 Å². The average molecular weight is 506 g/mol. The normalized spacial score (nSPS) is 19.5. The number of pyridine rings is 2. The minimum atomic E-state index is -1.91. The number of amides is 1. The van der Waals surface area contributed by atoms with E-state index in [-0.39, 0.29) is 36.1 Å². The second-order valence-corrected chi connectivity index (χ2v) is 9.60. The lowest BCUT2D eigenvalue weighted by molar-refractivity contribution is -0.172. The number of allylic oxidation sites excluding steroid dienone is 1. The molecule has 0 spiro atoms. The molecule has 0 saturated heterocycles. The molecule has 0 saturated carbocycles. The number of hydrogen-bond acceptors (Lipinski definition) is 7. The molecule has 2 aromatic heterocycles. The predicted octanol–water partition coefficient (Wildman–Crippen LogP) is 2.86. The van der Waals surface area contributed by atoms with E-state index in [4.69, 9.17) is 15.5 Å². The Morgan fingerprint density at radius 3 is 2.81 bits per heavy atom. The van der Waals surface area contributed by atoms with Gasteiger partial charge in [0, 0.05) is 22.6 Å². The molecule has 3 N–H and O–H groups in total. The van der Waals surface area contributed by atoms with Gasteiger partial charge in [-0.2, -0.15) is 0 Å². The number of cyclic esters (lactones) is 1. The van der Waals surface area contributed by atoms with Crippen molar-refractivity contribution in [2.45, 2.75) is 57.8 Å². The number of fused-ring (bicyclic) bond motifs is 5. The van der Waals surface area contributed by atoms with Gasteiger partial charge in [-0.25, -0.2) is 19.0 Å². The highest BCUT2D eigenvalue weighted by Gasteiger charge is 2.45. The molecule has 3 aromatic rings. The first-order chi connectivity index (χ1) is 17.7. The van der Waals surface area contributed by atoms with Gasteiger partial charge in [-0.15, -0.1) is 0 Å². The lowest BCUT2D eigenvalue weighted by Gasteiger charge is -2.31. The van der Waals surface area contributed by atoms with E-state index in [1.54, 1.807) is 23.6 Å². The Bertz CT molecular complexity index is 1630. The van der Waals surface area contributed by atoms with Crippen LogP contribution in [0.15, 0.2) is 29.3 Å². The van der Waals surface area contributed by atoms with Gasteiger partial charge in [-0.3, -0.25) is 4.79 Å². The first-order valence-corrected chi connectivity index (χ1v) is 12.2. The lowest BCUT2D eigenvalue weighted by atomic mass is 9.83. The molecule has 6 rings (SSSR count). The summed E-state index contributed by atoms with van der Waals surface area (Å²) in [5.74, 6) is -1.20. The fraction of sp³-hybridized carbons (Fsp3) is 0.333. The molecule has 37 heavy (non-hydrogen) atoms. The molecule has 9 nitrogen and oxygen atoms in total. The molecule has 0 fully saturated rings. The molecule has 1 aliphatic carbocycles. The molecule has 1 amide bonds. The van der Waals surface area contributed by atoms with Gasteiger partial charge in [0.05, 0.1) is 35.3 Å². The summed E-state index contributed by atoms with van der Waals surface area (Å²) in [4.78, 5) is 41.5. The molecule has 1 aromatic carbocycles. The molecule has 0 radical (unpaired) electrons. The van der Waals surface area contributed by atoms with Crippen LogP contribution < -0.4 is 11.3 Å². The van der Waals surface area contributed by atoms with E-state index >= 15 is 4.39 Å². The molecule has 1 unspecified atom stereocenters. The standard InChI is InChI=1S/C27H24FN3O6/c1-2-27(35)18-9-21-23-16(11-31(21)24(32)17(18)12-37-25(27)33)15-6-3-5-14-13(7-4-8-36-26(29)34)19(28)10-20(30-23)22(14)15/h4,8-10,35H,2-3,5-7,11-12H2,1H3,(H2,29,34). The highest BCUT2D eigenvalue weighted by Crippen LogP contribution is 2.43. The summed E-state index contributed by atoms with van der Waals surface area (Å²) in [5.41, 5.74) is 8.09. The van der Waals surface area contributed by atoms with E-state index in [1.807, 2.05) is 0 Å². The maximum absolute atomic E-state index is 15.3. The fourth-order valence-electron chi connectivity index (χ4n) is 5.92. The zero-order chi connectivity index (χ0) is 26.1. The van der Waals surface area contributed by atoms with Gasteiger partial charge in [-0.1, -0.05) is 6.92 Å². The molecule has 0 bridgehead atoms. The lowest BCUT2D eigenvalue weighted by Crippen LogP contribution is -2.44. The summed E-state index contributed by atoms with van der Waals surface area (Å²) >= 11 is 0. The molecule has 2 aliphatic heterocycles. The molecule has 4 heterocycles. The fourth-order valence-corrected chi connectivity index (χ4v) is 5.92. The summed E-state index contributed by atoms with van der Waals surface area (Å²) in [7, 11) is 0. The van der Waals surface area contributed by atoms with Gasteiger partial charge < -0.3 is 24.9 Å². The van der Waals surface area contributed by atoms with Crippen molar-refractivity contribution < 1.29 is 28.6 Å². The number of halogens is 1. The SMILES string of the molecule is CCC1(O)C(=O)OCc2c1cc1n(c2=O)Cc2c-1nc1cc(F)c(CC=COC(N)=O)c3c1c2CCC3. The van der Waals surface area contributed by atoms with Crippen molar-refractivity contribution in [1.29, 1.82) is 0 Å². The van der Waals surface area contributed by atoms with Crippen molar-refractivity contribution in [2.75, 3.05) is 0 Å². The van der Waals surface area contributed by atoms with E-state index in [9.17, 15) is 19.5 Å². The highest BCUT2D eigenvalue weighted by atomic mass is 19.1. The average Bonchev–Trinajstić information content (AvgIpc) is 3.25. The number of ether oxygens (including phenoxy) is 2. The van der Waals surface area contributed by atoms with Crippen LogP contribution in [-0.2, 0) is 52.3 Å². The summed E-state index contributed by atoms with van der Waals surface area (Å²) in [5, 5.41) is 12.0. The van der Waals surface area contributed by atoms with Crippen LogP contribution in [0.25, 0.3) is 22.3 Å². The van der Waals surface area contributed by atoms with Crippen molar-refractivity contribution >= 4 is 23.0 Å². The van der Waals surface area contributed by atoms with Gasteiger partial charge in [0.15, 0.2) is 5.60 Å². The van der Waals surface area contributed by atoms with Gasteiger partial charge in [0.1, 0.15) is 12.4 Å². The molecule has 1 atom stereocenters. The maximum atomic E-state index is 15.3. The number of aryl methyl sites for hydroxylation is 2. The number of esters is 1. The van der Waals surface area contributed by atoms with Gasteiger partial charge in [-0.05, 0) is 60.9 Å². The largest absolute Gasteiger partial charge is 0.458 e. The quantitative estimate of drug-likeness (QED) is 0.322. The Kier molecular flexibility index (Phi) is 5.20. The minimum Gasteiger partial charge on any atom is -0.458 e. The van der Waals surface area contributed by atoms with Gasteiger partial charge >= 0.3 is 12.1 Å². The predicted molar refractivity (Wildman–Crippen MR) is 130 cm³/mol. The van der Waals surface area contributed by atoms with E-state index in [0.29, 0.717) is 35.4 Å². The zero-order valence-corrected chi connectivity index (χ0v) is 20.1. The van der Waals surface area contributed by atoms with Crippen molar-refractivity contribution in [2.24, 2.45) is 5.73 Å². The Hall–Kier alpha value is -4.05. The second kappa shape index (κ2) is 8.24. The van der Waals surface area contributed by atoms with E-state index in [2.05, 4.69) is 4.74 Å². The topological polar surface area (TPSA) is 134 Å². The van der Waals surface area contributed by atoms with Crippen molar-refractivity contribution in [3.8, 4) is 11.4 Å². The Labute approximate surface area is 210 Å². The van der Waals surface area contributed by atoms with Crippen LogP contribution >= 0.6 is 0 Å². The minimum absolute atomic E-state index is 0.0568.